The van der Waals surface area contributed by atoms with Crippen molar-refractivity contribution in [2.45, 2.75) is 52.9 Å². The Bertz CT molecular complexity index is 603. The zero-order valence-electron chi connectivity index (χ0n) is 15.6. The Kier molecular flexibility index (Phi) is 7.69. The van der Waals surface area contributed by atoms with E-state index in [-0.39, 0.29) is 11.9 Å². The van der Waals surface area contributed by atoms with Crippen molar-refractivity contribution < 1.29 is 9.53 Å². The van der Waals surface area contributed by atoms with Crippen molar-refractivity contribution >= 4 is 29.0 Å². The van der Waals surface area contributed by atoms with E-state index in [1.54, 1.807) is 0 Å². The van der Waals surface area contributed by atoms with Crippen molar-refractivity contribution in [3.8, 4) is 0 Å². The van der Waals surface area contributed by atoms with Gasteiger partial charge in [-0.3, -0.25) is 4.79 Å². The molecule has 0 bridgehead atoms. The summed E-state index contributed by atoms with van der Waals surface area (Å²) in [5.41, 5.74) is 3.62. The maximum atomic E-state index is 12.0. The number of likely N-dealkylation sites (tertiary alicyclic amines) is 1. The second-order valence-electron chi connectivity index (χ2n) is 6.72. The second kappa shape index (κ2) is 9.76. The monoisotopic (exact) mass is 362 g/mol. The van der Waals surface area contributed by atoms with Crippen LogP contribution in [-0.4, -0.2) is 35.7 Å². The number of rotatable bonds is 6. The topological polar surface area (TPSA) is 41.6 Å². The number of ether oxygens (including phenoxy) is 1. The van der Waals surface area contributed by atoms with Crippen molar-refractivity contribution in [2.75, 3.05) is 25.0 Å². The van der Waals surface area contributed by atoms with E-state index in [4.69, 9.17) is 17.0 Å². The van der Waals surface area contributed by atoms with Crippen molar-refractivity contribution in [1.82, 2.24) is 4.90 Å². The van der Waals surface area contributed by atoms with Crippen LogP contribution < -0.4 is 5.32 Å². The molecule has 5 heteroatoms. The first-order chi connectivity index (χ1) is 12.0. The molecule has 1 aliphatic rings. The summed E-state index contributed by atoms with van der Waals surface area (Å²) < 4.78 is 5.16. The zero-order chi connectivity index (χ0) is 18.2. The Morgan fingerprint density at radius 2 is 2.20 bits per heavy atom. The van der Waals surface area contributed by atoms with Crippen LogP contribution in [0.2, 0.25) is 0 Å². The van der Waals surface area contributed by atoms with Gasteiger partial charge in [0.05, 0.1) is 12.5 Å². The lowest BCUT2D eigenvalue weighted by Gasteiger charge is -2.33. The third kappa shape index (κ3) is 5.70. The van der Waals surface area contributed by atoms with Gasteiger partial charge in [0, 0.05) is 18.8 Å². The van der Waals surface area contributed by atoms with Gasteiger partial charge in [0.25, 0.3) is 0 Å². The number of unbranched alkanes of at least 4 members (excludes halogenated alkanes) is 1. The maximum Gasteiger partial charge on any atom is 0.310 e. The van der Waals surface area contributed by atoms with Crippen LogP contribution in [0.5, 0.6) is 0 Å². The van der Waals surface area contributed by atoms with Gasteiger partial charge in [0.1, 0.15) is 0 Å². The van der Waals surface area contributed by atoms with Crippen molar-refractivity contribution in [3.05, 3.63) is 29.3 Å². The number of hydrogen-bond donors (Lipinski definition) is 1. The molecule has 1 heterocycles. The van der Waals surface area contributed by atoms with Gasteiger partial charge in [0.15, 0.2) is 5.11 Å². The van der Waals surface area contributed by atoms with E-state index in [0.717, 1.165) is 31.5 Å². The molecule has 1 N–H and O–H groups in total. The molecule has 1 saturated heterocycles. The molecule has 0 radical (unpaired) electrons. The number of carbonyl (C=O) groups is 1. The molecular formula is C20H30N2O2S. The van der Waals surface area contributed by atoms with Gasteiger partial charge in [-0.1, -0.05) is 25.5 Å². The number of nitrogens with one attached hydrogen (secondary N) is 1. The Morgan fingerprint density at radius 1 is 1.40 bits per heavy atom. The highest BCUT2D eigenvalue weighted by atomic mass is 32.1. The van der Waals surface area contributed by atoms with Crippen LogP contribution in [0.1, 0.15) is 50.7 Å². The molecule has 1 atom stereocenters. The summed E-state index contributed by atoms with van der Waals surface area (Å²) in [5, 5.41) is 4.05. The molecule has 0 spiro atoms. The minimum atomic E-state index is -0.105. The van der Waals surface area contributed by atoms with E-state index in [1.165, 1.54) is 24.0 Å². The predicted octanol–water partition coefficient (Wildman–Crippen LogP) is 4.31. The molecule has 0 aromatic heterocycles. The van der Waals surface area contributed by atoms with Crippen LogP contribution in [0.3, 0.4) is 0 Å². The lowest BCUT2D eigenvalue weighted by molar-refractivity contribution is -0.149. The van der Waals surface area contributed by atoms with Crippen LogP contribution in [0.15, 0.2) is 18.2 Å². The van der Waals surface area contributed by atoms with E-state index >= 15 is 0 Å². The van der Waals surface area contributed by atoms with Crippen LogP contribution in [0, 0.1) is 12.8 Å². The third-order valence-corrected chi connectivity index (χ3v) is 5.04. The van der Waals surface area contributed by atoms with E-state index in [9.17, 15) is 4.79 Å². The quantitative estimate of drug-likeness (QED) is 0.603. The first-order valence-corrected chi connectivity index (χ1v) is 9.78. The van der Waals surface area contributed by atoms with Gasteiger partial charge >= 0.3 is 5.97 Å². The second-order valence-corrected chi connectivity index (χ2v) is 7.11. The fraction of sp³-hybridized carbons (Fsp3) is 0.600. The summed E-state index contributed by atoms with van der Waals surface area (Å²) in [7, 11) is 0. The fourth-order valence-corrected chi connectivity index (χ4v) is 3.49. The molecule has 0 saturated carbocycles. The summed E-state index contributed by atoms with van der Waals surface area (Å²) in [5.74, 6) is -0.183. The van der Waals surface area contributed by atoms with E-state index in [2.05, 4.69) is 42.3 Å². The number of esters is 1. The van der Waals surface area contributed by atoms with E-state index in [1.807, 2.05) is 6.92 Å². The lowest BCUT2D eigenvalue weighted by Crippen LogP contribution is -2.44. The number of anilines is 1. The Balaban J connectivity index is 1.95. The van der Waals surface area contributed by atoms with Gasteiger partial charge in [-0.2, -0.15) is 0 Å². The third-order valence-electron chi connectivity index (χ3n) is 4.68. The zero-order valence-corrected chi connectivity index (χ0v) is 16.5. The number of aryl methyl sites for hydroxylation is 2. The minimum absolute atomic E-state index is 0.0778. The number of carbonyl (C=O) groups excluding carboxylic acids is 1. The maximum absolute atomic E-state index is 12.0. The summed E-state index contributed by atoms with van der Waals surface area (Å²) in [6, 6.07) is 6.52. The average molecular weight is 363 g/mol. The Labute approximate surface area is 156 Å². The average Bonchev–Trinajstić information content (AvgIpc) is 2.62. The van der Waals surface area contributed by atoms with Crippen LogP contribution >= 0.6 is 12.2 Å². The molecule has 1 unspecified atom stereocenters. The van der Waals surface area contributed by atoms with Crippen molar-refractivity contribution in [1.29, 1.82) is 0 Å². The fourth-order valence-electron chi connectivity index (χ4n) is 3.21. The van der Waals surface area contributed by atoms with E-state index < -0.39 is 0 Å². The Hall–Kier alpha value is -1.62. The van der Waals surface area contributed by atoms with E-state index in [0.29, 0.717) is 18.3 Å². The van der Waals surface area contributed by atoms with Crippen LogP contribution in [-0.2, 0) is 16.0 Å². The van der Waals surface area contributed by atoms with Crippen molar-refractivity contribution in [2.24, 2.45) is 5.92 Å². The van der Waals surface area contributed by atoms with Gasteiger partial charge in [-0.25, -0.2) is 0 Å². The molecule has 1 aromatic rings. The predicted molar refractivity (Wildman–Crippen MR) is 107 cm³/mol. The highest BCUT2D eigenvalue weighted by Crippen LogP contribution is 2.22. The largest absolute Gasteiger partial charge is 0.466 e. The van der Waals surface area contributed by atoms with Gasteiger partial charge < -0.3 is 15.0 Å². The molecular weight excluding hydrogens is 332 g/mol. The molecule has 1 aromatic carbocycles. The van der Waals surface area contributed by atoms with Gasteiger partial charge in [0.2, 0.25) is 0 Å². The smallest absolute Gasteiger partial charge is 0.310 e. The summed E-state index contributed by atoms with van der Waals surface area (Å²) >= 11 is 5.59. The normalized spacial score (nSPS) is 17.2. The highest BCUT2D eigenvalue weighted by molar-refractivity contribution is 7.80. The van der Waals surface area contributed by atoms with Gasteiger partial charge in [-0.15, -0.1) is 0 Å². The summed E-state index contributed by atoms with van der Waals surface area (Å²) in [6.07, 6.45) is 5.38. The first kappa shape index (κ1) is 19.7. The van der Waals surface area contributed by atoms with Crippen molar-refractivity contribution in [3.63, 3.8) is 0 Å². The molecule has 138 valence electrons. The minimum Gasteiger partial charge on any atom is -0.466 e. The highest BCUT2D eigenvalue weighted by Gasteiger charge is 2.28. The molecule has 1 fully saturated rings. The SMILES string of the molecule is CCCCc1ccc(NC(=S)N2CCCC(C(=O)OCC)C2)c(C)c1. The molecule has 1 aliphatic heterocycles. The molecule has 2 rings (SSSR count). The van der Waals surface area contributed by atoms with Crippen LogP contribution in [0.25, 0.3) is 0 Å². The molecule has 4 nitrogen and oxygen atoms in total. The molecule has 25 heavy (non-hydrogen) atoms. The lowest BCUT2D eigenvalue weighted by atomic mass is 9.98. The Morgan fingerprint density at radius 3 is 2.88 bits per heavy atom. The van der Waals surface area contributed by atoms with Gasteiger partial charge in [-0.05, 0) is 68.9 Å². The number of benzene rings is 1. The van der Waals surface area contributed by atoms with Crippen LogP contribution in [0.4, 0.5) is 5.69 Å². The number of hydrogen-bond acceptors (Lipinski definition) is 3. The first-order valence-electron chi connectivity index (χ1n) is 9.37. The molecule has 0 amide bonds. The number of nitrogens with zero attached hydrogens (tertiary/aromatic N) is 1. The number of thiocarbonyl (C=S) groups is 1. The summed E-state index contributed by atoms with van der Waals surface area (Å²) in [6.45, 7) is 8.12. The standard InChI is InChI=1S/C20H30N2O2S/c1-4-6-8-16-10-11-18(15(3)13-16)21-20(25)22-12-7-9-17(14-22)19(23)24-5-2/h10-11,13,17H,4-9,12,14H2,1-3H3,(H,21,25). The summed E-state index contributed by atoms with van der Waals surface area (Å²) in [4.78, 5) is 14.1. The molecule has 0 aliphatic carbocycles. The number of piperidine rings is 1.